The minimum Gasteiger partial charge on any atom is -0.496 e. The van der Waals surface area contributed by atoms with E-state index in [1.807, 2.05) is 38.1 Å². The van der Waals surface area contributed by atoms with Crippen molar-refractivity contribution >= 4 is 5.97 Å². The molecule has 0 aromatic heterocycles. The SMILES string of the molecule is CCOC(=O)C(C#N)C1(c2ccccc2OC)CCOC(C)(C)C1. The smallest absolute Gasteiger partial charge is 0.324 e. The molecule has 2 unspecified atom stereocenters. The summed E-state index contributed by atoms with van der Waals surface area (Å²) in [6, 6.07) is 9.78. The Bertz CT molecular complexity index is 634. The van der Waals surface area contributed by atoms with Crippen LogP contribution < -0.4 is 4.74 Å². The van der Waals surface area contributed by atoms with Gasteiger partial charge in [-0.3, -0.25) is 4.79 Å². The molecule has 0 spiro atoms. The fourth-order valence-corrected chi connectivity index (χ4v) is 3.72. The van der Waals surface area contributed by atoms with Crippen LogP contribution in [0.4, 0.5) is 0 Å². The number of nitriles is 1. The molecule has 130 valence electrons. The number of esters is 1. The molecular weight excluding hydrogens is 306 g/mol. The van der Waals surface area contributed by atoms with Crippen molar-refractivity contribution in [3.8, 4) is 11.8 Å². The molecule has 0 radical (unpaired) electrons. The van der Waals surface area contributed by atoms with Crippen LogP contribution in [-0.2, 0) is 19.7 Å². The number of hydrogen-bond donors (Lipinski definition) is 0. The summed E-state index contributed by atoms with van der Waals surface area (Å²) in [4.78, 5) is 12.5. The van der Waals surface area contributed by atoms with Gasteiger partial charge in [-0.2, -0.15) is 5.26 Å². The Balaban J connectivity index is 2.61. The van der Waals surface area contributed by atoms with Gasteiger partial charge >= 0.3 is 5.97 Å². The maximum atomic E-state index is 12.5. The van der Waals surface area contributed by atoms with Crippen LogP contribution in [0.3, 0.4) is 0 Å². The van der Waals surface area contributed by atoms with Crippen LogP contribution in [0.1, 0.15) is 39.2 Å². The number of methoxy groups -OCH3 is 1. The minimum atomic E-state index is -0.906. The number of carbonyl (C=O) groups is 1. The number of rotatable bonds is 5. The van der Waals surface area contributed by atoms with Crippen LogP contribution in [0, 0.1) is 17.2 Å². The van der Waals surface area contributed by atoms with Gasteiger partial charge in [-0.1, -0.05) is 18.2 Å². The molecular formula is C19H25NO4. The Hall–Kier alpha value is -2.06. The first-order valence-corrected chi connectivity index (χ1v) is 8.24. The molecule has 5 heteroatoms. The highest BCUT2D eigenvalue weighted by atomic mass is 16.5. The van der Waals surface area contributed by atoms with E-state index in [1.165, 1.54) is 0 Å². The van der Waals surface area contributed by atoms with Gasteiger partial charge in [0, 0.05) is 17.6 Å². The largest absolute Gasteiger partial charge is 0.496 e. The van der Waals surface area contributed by atoms with Crippen LogP contribution in [0.15, 0.2) is 24.3 Å². The molecule has 1 fully saturated rings. The van der Waals surface area contributed by atoms with Crippen molar-refractivity contribution in [2.75, 3.05) is 20.3 Å². The van der Waals surface area contributed by atoms with Gasteiger partial charge in [-0.15, -0.1) is 0 Å². The zero-order chi connectivity index (χ0) is 17.8. The molecule has 1 aromatic rings. The average Bonchev–Trinajstić information content (AvgIpc) is 2.54. The van der Waals surface area contributed by atoms with E-state index in [9.17, 15) is 10.1 Å². The van der Waals surface area contributed by atoms with E-state index in [-0.39, 0.29) is 6.61 Å². The quantitative estimate of drug-likeness (QED) is 0.775. The van der Waals surface area contributed by atoms with E-state index in [4.69, 9.17) is 14.2 Å². The van der Waals surface area contributed by atoms with Gasteiger partial charge in [-0.05, 0) is 39.7 Å². The van der Waals surface area contributed by atoms with E-state index >= 15 is 0 Å². The van der Waals surface area contributed by atoms with Gasteiger partial charge in [0.2, 0.25) is 0 Å². The van der Waals surface area contributed by atoms with Gasteiger partial charge in [0.15, 0.2) is 5.92 Å². The monoisotopic (exact) mass is 331 g/mol. The highest BCUT2D eigenvalue weighted by Gasteiger charge is 2.52. The van der Waals surface area contributed by atoms with E-state index < -0.39 is 22.9 Å². The molecule has 2 rings (SSSR count). The first-order chi connectivity index (χ1) is 11.4. The number of benzene rings is 1. The van der Waals surface area contributed by atoms with Crippen molar-refractivity contribution in [3.05, 3.63) is 29.8 Å². The predicted molar refractivity (Wildman–Crippen MR) is 89.7 cm³/mol. The lowest BCUT2D eigenvalue weighted by Crippen LogP contribution is -2.50. The maximum Gasteiger partial charge on any atom is 0.324 e. The average molecular weight is 331 g/mol. The summed E-state index contributed by atoms with van der Waals surface area (Å²) in [7, 11) is 1.60. The lowest BCUT2D eigenvalue weighted by atomic mass is 9.62. The number of hydrogen-bond acceptors (Lipinski definition) is 5. The van der Waals surface area contributed by atoms with Crippen LogP contribution in [0.25, 0.3) is 0 Å². The second-order valence-electron chi connectivity index (χ2n) is 6.71. The van der Waals surface area contributed by atoms with Crippen LogP contribution >= 0.6 is 0 Å². The minimum absolute atomic E-state index is 0.249. The highest BCUT2D eigenvalue weighted by molar-refractivity contribution is 5.78. The van der Waals surface area contributed by atoms with Gasteiger partial charge in [-0.25, -0.2) is 0 Å². The number of para-hydroxylation sites is 1. The van der Waals surface area contributed by atoms with Gasteiger partial charge in [0.25, 0.3) is 0 Å². The van der Waals surface area contributed by atoms with Crippen molar-refractivity contribution in [2.45, 2.75) is 44.6 Å². The third-order valence-electron chi connectivity index (χ3n) is 4.63. The number of carbonyl (C=O) groups excluding carboxylic acids is 1. The van der Waals surface area contributed by atoms with Crippen LogP contribution in [0.5, 0.6) is 5.75 Å². The van der Waals surface area contributed by atoms with Crippen molar-refractivity contribution < 1.29 is 19.0 Å². The molecule has 1 heterocycles. The fourth-order valence-electron chi connectivity index (χ4n) is 3.72. The maximum absolute atomic E-state index is 12.5. The molecule has 0 amide bonds. The van der Waals surface area contributed by atoms with Gasteiger partial charge in [0.1, 0.15) is 5.75 Å². The summed E-state index contributed by atoms with van der Waals surface area (Å²) in [5.74, 6) is -0.708. The molecule has 0 aliphatic carbocycles. The zero-order valence-corrected chi connectivity index (χ0v) is 14.8. The normalized spacial score (nSPS) is 23.8. The first kappa shape index (κ1) is 18.3. The molecule has 1 aliphatic heterocycles. The molecule has 1 aromatic carbocycles. The Kier molecular flexibility index (Phi) is 5.51. The number of ether oxygens (including phenoxy) is 3. The lowest BCUT2D eigenvalue weighted by molar-refractivity contribution is -0.153. The fraction of sp³-hybridized carbons (Fsp3) is 0.579. The van der Waals surface area contributed by atoms with Crippen LogP contribution in [-0.4, -0.2) is 31.9 Å². The van der Waals surface area contributed by atoms with E-state index in [0.717, 1.165) is 5.56 Å². The summed E-state index contributed by atoms with van der Waals surface area (Å²) < 4.78 is 16.6. The molecule has 1 aliphatic rings. The summed E-state index contributed by atoms with van der Waals surface area (Å²) in [6.45, 7) is 6.43. The van der Waals surface area contributed by atoms with Crippen molar-refractivity contribution in [1.82, 2.24) is 0 Å². The standard InChI is InChI=1S/C19H25NO4/c1-5-23-17(21)15(12-20)19(10-11-24-18(2,3)13-19)14-8-6-7-9-16(14)22-4/h6-9,15H,5,10-11,13H2,1-4H3. The number of nitrogens with zero attached hydrogens (tertiary/aromatic N) is 1. The van der Waals surface area contributed by atoms with Crippen molar-refractivity contribution in [1.29, 1.82) is 5.26 Å². The van der Waals surface area contributed by atoms with E-state index in [2.05, 4.69) is 6.07 Å². The van der Waals surface area contributed by atoms with Gasteiger partial charge in [0.05, 0.1) is 25.4 Å². The second kappa shape index (κ2) is 7.23. The molecule has 0 saturated carbocycles. The highest BCUT2D eigenvalue weighted by Crippen LogP contribution is 2.49. The zero-order valence-electron chi connectivity index (χ0n) is 14.8. The van der Waals surface area contributed by atoms with Gasteiger partial charge < -0.3 is 14.2 Å². The molecule has 1 saturated heterocycles. The third kappa shape index (κ3) is 3.39. The van der Waals surface area contributed by atoms with Crippen molar-refractivity contribution in [3.63, 3.8) is 0 Å². The van der Waals surface area contributed by atoms with Crippen molar-refractivity contribution in [2.24, 2.45) is 5.92 Å². The Morgan fingerprint density at radius 1 is 1.42 bits per heavy atom. The topological polar surface area (TPSA) is 68.6 Å². The first-order valence-electron chi connectivity index (χ1n) is 8.24. The lowest BCUT2D eigenvalue weighted by Gasteiger charge is -2.47. The van der Waals surface area contributed by atoms with E-state index in [1.54, 1.807) is 14.0 Å². The second-order valence-corrected chi connectivity index (χ2v) is 6.71. The Morgan fingerprint density at radius 2 is 2.12 bits per heavy atom. The summed E-state index contributed by atoms with van der Waals surface area (Å²) >= 11 is 0. The molecule has 24 heavy (non-hydrogen) atoms. The summed E-state index contributed by atoms with van der Waals surface area (Å²) in [5, 5.41) is 9.80. The third-order valence-corrected chi connectivity index (χ3v) is 4.63. The predicted octanol–water partition coefficient (Wildman–Crippen LogP) is 3.22. The molecule has 2 atom stereocenters. The Morgan fingerprint density at radius 3 is 2.71 bits per heavy atom. The summed E-state index contributed by atoms with van der Waals surface area (Å²) in [6.07, 6.45) is 1.10. The Labute approximate surface area is 143 Å². The molecule has 5 nitrogen and oxygen atoms in total. The molecule has 0 N–H and O–H groups in total. The van der Waals surface area contributed by atoms with Crippen LogP contribution in [0.2, 0.25) is 0 Å². The van der Waals surface area contributed by atoms with E-state index in [0.29, 0.717) is 25.2 Å². The molecule has 0 bridgehead atoms. The summed E-state index contributed by atoms with van der Waals surface area (Å²) in [5.41, 5.74) is -0.278.